The van der Waals surface area contributed by atoms with Crippen LogP contribution in [0.25, 0.3) is 6.08 Å². The Hall–Kier alpha value is -1.94. The molecule has 0 aliphatic rings. The molecule has 0 bridgehead atoms. The van der Waals surface area contributed by atoms with Crippen molar-refractivity contribution in [3.05, 3.63) is 70.0 Å². The fourth-order valence-corrected chi connectivity index (χ4v) is 2.11. The van der Waals surface area contributed by atoms with Crippen molar-refractivity contribution in [2.24, 2.45) is 0 Å². The Morgan fingerprint density at radius 2 is 2.05 bits per heavy atom. The van der Waals surface area contributed by atoms with Crippen LogP contribution in [0.3, 0.4) is 0 Å². The van der Waals surface area contributed by atoms with Crippen molar-refractivity contribution in [2.45, 2.75) is 0 Å². The molecule has 4 heteroatoms. The zero-order valence-corrected chi connectivity index (χ0v) is 12.4. The summed E-state index contributed by atoms with van der Waals surface area (Å²) < 4.78 is 19.6. The maximum Gasteiger partial charge on any atom is 0.188 e. The summed E-state index contributed by atoms with van der Waals surface area (Å²) in [4.78, 5) is 11.9. The molecule has 0 heterocycles. The molecule has 20 heavy (non-hydrogen) atoms. The summed E-state index contributed by atoms with van der Waals surface area (Å²) in [7, 11) is 1.45. The van der Waals surface area contributed by atoms with Gasteiger partial charge in [0.05, 0.1) is 12.7 Å². The third kappa shape index (κ3) is 3.54. The van der Waals surface area contributed by atoms with Crippen LogP contribution in [0.15, 0.2) is 53.0 Å². The highest BCUT2D eigenvalue weighted by atomic mass is 79.9. The van der Waals surface area contributed by atoms with Crippen molar-refractivity contribution in [3.63, 3.8) is 0 Å². The van der Waals surface area contributed by atoms with Gasteiger partial charge < -0.3 is 4.74 Å². The molecule has 2 nitrogen and oxygen atoms in total. The van der Waals surface area contributed by atoms with Gasteiger partial charge in [-0.25, -0.2) is 4.39 Å². The van der Waals surface area contributed by atoms with Crippen LogP contribution in [-0.4, -0.2) is 12.9 Å². The zero-order valence-electron chi connectivity index (χ0n) is 10.8. The lowest BCUT2D eigenvalue weighted by Crippen LogP contribution is -1.99. The van der Waals surface area contributed by atoms with E-state index in [1.54, 1.807) is 12.1 Å². The predicted octanol–water partition coefficient (Wildman–Crippen LogP) is 4.49. The summed E-state index contributed by atoms with van der Waals surface area (Å²) in [5.41, 5.74) is 0.888. The lowest BCUT2D eigenvalue weighted by Gasteiger charge is -2.02. The molecule has 0 fully saturated rings. The number of ether oxygens (including phenoxy) is 1. The van der Waals surface area contributed by atoms with Crippen LogP contribution >= 0.6 is 15.9 Å². The molecule has 0 aliphatic heterocycles. The molecule has 0 atom stereocenters. The van der Waals surface area contributed by atoms with Crippen molar-refractivity contribution < 1.29 is 13.9 Å². The van der Waals surface area contributed by atoms with Gasteiger partial charge >= 0.3 is 0 Å². The predicted molar refractivity (Wildman–Crippen MR) is 80.5 cm³/mol. The van der Waals surface area contributed by atoms with E-state index in [2.05, 4.69) is 15.9 Å². The van der Waals surface area contributed by atoms with E-state index in [4.69, 9.17) is 4.74 Å². The van der Waals surface area contributed by atoms with Crippen LogP contribution in [0.4, 0.5) is 4.39 Å². The average Bonchev–Trinajstić information content (AvgIpc) is 2.44. The number of carbonyl (C=O) groups excluding carboxylic acids is 1. The van der Waals surface area contributed by atoms with E-state index >= 15 is 0 Å². The van der Waals surface area contributed by atoms with Gasteiger partial charge in [0.2, 0.25) is 0 Å². The Morgan fingerprint density at radius 3 is 2.70 bits per heavy atom. The first-order chi connectivity index (χ1) is 9.60. The minimum Gasteiger partial charge on any atom is -0.497 e. The molecule has 0 unspecified atom stereocenters. The minimum absolute atomic E-state index is 0.0250. The Morgan fingerprint density at radius 1 is 1.25 bits per heavy atom. The Bertz CT molecular complexity index is 665. The molecule has 0 aromatic heterocycles. The van der Waals surface area contributed by atoms with Crippen molar-refractivity contribution >= 4 is 27.8 Å². The van der Waals surface area contributed by atoms with Crippen molar-refractivity contribution in [1.29, 1.82) is 0 Å². The molecule has 0 saturated carbocycles. The lowest BCUT2D eigenvalue weighted by atomic mass is 10.1. The third-order valence-corrected chi connectivity index (χ3v) is 3.21. The number of halogens is 2. The monoisotopic (exact) mass is 334 g/mol. The van der Waals surface area contributed by atoms with Crippen molar-refractivity contribution in [3.8, 4) is 5.75 Å². The second-order valence-corrected chi connectivity index (χ2v) is 5.01. The van der Waals surface area contributed by atoms with E-state index in [1.807, 2.05) is 24.3 Å². The quantitative estimate of drug-likeness (QED) is 0.608. The van der Waals surface area contributed by atoms with Gasteiger partial charge in [0, 0.05) is 10.5 Å². The van der Waals surface area contributed by atoms with Crippen LogP contribution < -0.4 is 4.74 Å². The molecule has 2 aromatic rings. The Kier molecular flexibility index (Phi) is 4.69. The highest BCUT2D eigenvalue weighted by molar-refractivity contribution is 9.10. The van der Waals surface area contributed by atoms with Gasteiger partial charge in [0.1, 0.15) is 11.6 Å². The summed E-state index contributed by atoms with van der Waals surface area (Å²) in [6, 6.07) is 11.7. The fraction of sp³-hybridized carbons (Fsp3) is 0.0625. The van der Waals surface area contributed by atoms with Crippen LogP contribution in [0, 0.1) is 5.82 Å². The summed E-state index contributed by atoms with van der Waals surface area (Å²) in [5, 5.41) is 0. The summed E-state index contributed by atoms with van der Waals surface area (Å²) in [6.45, 7) is 0. The molecule has 0 saturated heterocycles. The lowest BCUT2D eigenvalue weighted by molar-refractivity contribution is 0.104. The van der Waals surface area contributed by atoms with Crippen LogP contribution in [0.5, 0.6) is 5.75 Å². The topological polar surface area (TPSA) is 26.3 Å². The Labute approximate surface area is 125 Å². The largest absolute Gasteiger partial charge is 0.497 e. The molecular formula is C16H12BrFO2. The van der Waals surface area contributed by atoms with Crippen LogP contribution in [0.2, 0.25) is 0 Å². The normalized spacial score (nSPS) is 10.8. The van der Waals surface area contributed by atoms with E-state index in [0.717, 1.165) is 10.0 Å². The number of carbonyl (C=O) groups is 1. The SMILES string of the molecule is COc1ccc(C(=O)C=Cc2cccc(Br)c2)c(F)c1. The minimum atomic E-state index is -0.590. The maximum absolute atomic E-state index is 13.7. The van der Waals surface area contributed by atoms with E-state index in [0.29, 0.717) is 5.75 Å². The summed E-state index contributed by atoms with van der Waals surface area (Å²) >= 11 is 3.35. The first kappa shape index (κ1) is 14.5. The standard InChI is InChI=1S/C16H12BrFO2/c1-20-13-6-7-14(15(18)10-13)16(19)8-5-11-3-2-4-12(17)9-11/h2-10H,1H3. The van der Waals surface area contributed by atoms with E-state index < -0.39 is 5.82 Å². The zero-order chi connectivity index (χ0) is 14.5. The first-order valence-electron chi connectivity index (χ1n) is 5.91. The summed E-state index contributed by atoms with van der Waals surface area (Å²) in [6.07, 6.45) is 3.00. The van der Waals surface area contributed by atoms with E-state index in [-0.39, 0.29) is 11.3 Å². The van der Waals surface area contributed by atoms with Crippen molar-refractivity contribution in [2.75, 3.05) is 7.11 Å². The Balaban J connectivity index is 2.20. The van der Waals surface area contributed by atoms with Gasteiger partial charge in [-0.2, -0.15) is 0 Å². The second-order valence-electron chi connectivity index (χ2n) is 4.10. The van der Waals surface area contributed by atoms with Gasteiger partial charge in [0.15, 0.2) is 5.78 Å². The molecule has 2 rings (SSSR count). The van der Waals surface area contributed by atoms with Gasteiger partial charge in [-0.3, -0.25) is 4.79 Å². The molecular weight excluding hydrogens is 323 g/mol. The number of allylic oxidation sites excluding steroid dienone is 1. The van der Waals surface area contributed by atoms with Crippen molar-refractivity contribution in [1.82, 2.24) is 0 Å². The van der Waals surface area contributed by atoms with Gasteiger partial charge in [-0.15, -0.1) is 0 Å². The number of hydrogen-bond acceptors (Lipinski definition) is 2. The van der Waals surface area contributed by atoms with Gasteiger partial charge in [-0.05, 0) is 35.9 Å². The van der Waals surface area contributed by atoms with E-state index in [1.165, 1.54) is 25.3 Å². The number of methoxy groups -OCH3 is 1. The smallest absolute Gasteiger partial charge is 0.188 e. The molecule has 0 N–H and O–H groups in total. The number of rotatable bonds is 4. The number of ketones is 1. The highest BCUT2D eigenvalue weighted by Crippen LogP contribution is 2.18. The number of benzene rings is 2. The number of hydrogen-bond donors (Lipinski definition) is 0. The molecule has 0 aliphatic carbocycles. The van der Waals surface area contributed by atoms with Gasteiger partial charge in [0.25, 0.3) is 0 Å². The molecule has 2 aromatic carbocycles. The summed E-state index contributed by atoms with van der Waals surface area (Å²) in [5.74, 6) is -0.589. The van der Waals surface area contributed by atoms with Crippen LogP contribution in [-0.2, 0) is 0 Å². The molecule has 102 valence electrons. The molecule has 0 amide bonds. The fourth-order valence-electron chi connectivity index (χ4n) is 1.69. The average molecular weight is 335 g/mol. The maximum atomic E-state index is 13.7. The van der Waals surface area contributed by atoms with Crippen LogP contribution in [0.1, 0.15) is 15.9 Å². The second kappa shape index (κ2) is 6.48. The van der Waals surface area contributed by atoms with E-state index in [9.17, 15) is 9.18 Å². The van der Waals surface area contributed by atoms with Gasteiger partial charge in [-0.1, -0.05) is 34.1 Å². The third-order valence-electron chi connectivity index (χ3n) is 2.72. The molecule has 0 radical (unpaired) electrons. The first-order valence-corrected chi connectivity index (χ1v) is 6.71. The molecule has 0 spiro atoms. The highest BCUT2D eigenvalue weighted by Gasteiger charge is 2.09.